The standard InChI is InChI=1S/C11H9BrN2O3S/c12-8-2-1-7(18-8)5-13-11(17)6-3-9(15)14-10(16)4-6/h1-4H,5H2,(H,13,17)(H2,14,15,16). The second-order valence-electron chi connectivity index (χ2n) is 3.51. The highest BCUT2D eigenvalue weighted by Gasteiger charge is 2.08. The lowest BCUT2D eigenvalue weighted by atomic mass is 10.2. The van der Waals surface area contributed by atoms with Crippen LogP contribution in [-0.2, 0) is 6.54 Å². The molecule has 2 aromatic heterocycles. The van der Waals surface area contributed by atoms with Gasteiger partial charge in [0.05, 0.1) is 15.9 Å². The van der Waals surface area contributed by atoms with Crippen molar-refractivity contribution in [2.75, 3.05) is 0 Å². The molecule has 2 heterocycles. The van der Waals surface area contributed by atoms with Gasteiger partial charge in [0.2, 0.25) is 0 Å². The molecule has 7 heteroatoms. The maximum atomic E-state index is 11.7. The van der Waals surface area contributed by atoms with Gasteiger partial charge in [-0.05, 0) is 28.1 Å². The van der Waals surface area contributed by atoms with Crippen molar-refractivity contribution in [2.24, 2.45) is 0 Å². The number of carbonyl (C=O) groups excluding carboxylic acids is 1. The Kier molecular flexibility index (Phi) is 3.83. The number of halogens is 1. The van der Waals surface area contributed by atoms with Gasteiger partial charge in [-0.15, -0.1) is 11.3 Å². The third-order valence-electron chi connectivity index (χ3n) is 2.14. The summed E-state index contributed by atoms with van der Waals surface area (Å²) in [6.45, 7) is 0.378. The van der Waals surface area contributed by atoms with Crippen molar-refractivity contribution >= 4 is 33.2 Å². The van der Waals surface area contributed by atoms with Gasteiger partial charge in [0.25, 0.3) is 11.5 Å². The molecule has 0 aliphatic carbocycles. The number of aromatic hydroxyl groups is 1. The fourth-order valence-electron chi connectivity index (χ4n) is 1.38. The van der Waals surface area contributed by atoms with Crippen molar-refractivity contribution in [1.29, 1.82) is 0 Å². The average Bonchev–Trinajstić information content (AvgIpc) is 2.70. The Labute approximate surface area is 115 Å². The minimum absolute atomic E-state index is 0.131. The fraction of sp³-hybridized carbons (Fsp3) is 0.0909. The molecule has 5 nitrogen and oxygen atoms in total. The smallest absolute Gasteiger partial charge is 0.251 e. The minimum atomic E-state index is -0.515. The SMILES string of the molecule is O=C(NCc1ccc(Br)s1)c1cc(O)[nH]c(=O)c1. The quantitative estimate of drug-likeness (QED) is 0.803. The second-order valence-corrected chi connectivity index (χ2v) is 6.05. The maximum Gasteiger partial charge on any atom is 0.251 e. The van der Waals surface area contributed by atoms with E-state index < -0.39 is 11.5 Å². The molecule has 1 amide bonds. The Morgan fingerprint density at radius 3 is 2.83 bits per heavy atom. The lowest BCUT2D eigenvalue weighted by molar-refractivity contribution is 0.0950. The number of nitrogens with one attached hydrogen (secondary N) is 2. The Bertz CT molecular complexity index is 635. The largest absolute Gasteiger partial charge is 0.494 e. The fourth-order valence-corrected chi connectivity index (χ4v) is 2.80. The summed E-state index contributed by atoms with van der Waals surface area (Å²) >= 11 is 4.85. The molecule has 0 fully saturated rings. The highest BCUT2D eigenvalue weighted by Crippen LogP contribution is 2.21. The summed E-state index contributed by atoms with van der Waals surface area (Å²) in [5.41, 5.74) is -0.383. The number of thiophene rings is 1. The molecule has 0 spiro atoms. The highest BCUT2D eigenvalue weighted by atomic mass is 79.9. The molecule has 0 saturated heterocycles. The van der Waals surface area contributed by atoms with Crippen LogP contribution in [0.25, 0.3) is 0 Å². The summed E-state index contributed by atoms with van der Waals surface area (Å²) in [7, 11) is 0. The molecule has 0 aliphatic rings. The number of aromatic amines is 1. The van der Waals surface area contributed by atoms with E-state index in [0.29, 0.717) is 6.54 Å². The Balaban J connectivity index is 2.05. The molecule has 0 aromatic carbocycles. The van der Waals surface area contributed by atoms with Crippen molar-refractivity contribution in [3.8, 4) is 5.88 Å². The van der Waals surface area contributed by atoms with Gasteiger partial charge in [0.15, 0.2) is 5.88 Å². The van der Waals surface area contributed by atoms with Gasteiger partial charge in [-0.2, -0.15) is 0 Å². The van der Waals surface area contributed by atoms with Gasteiger partial charge in [-0.1, -0.05) is 0 Å². The number of hydrogen-bond acceptors (Lipinski definition) is 4. The third-order valence-corrected chi connectivity index (χ3v) is 3.77. The number of rotatable bonds is 3. The first kappa shape index (κ1) is 12.8. The van der Waals surface area contributed by atoms with Crippen molar-refractivity contribution in [3.05, 3.63) is 48.8 Å². The molecule has 3 N–H and O–H groups in total. The van der Waals surface area contributed by atoms with E-state index in [1.54, 1.807) is 0 Å². The van der Waals surface area contributed by atoms with E-state index in [4.69, 9.17) is 0 Å². The zero-order valence-corrected chi connectivity index (χ0v) is 11.5. The van der Waals surface area contributed by atoms with E-state index >= 15 is 0 Å². The van der Waals surface area contributed by atoms with Crippen LogP contribution in [0.3, 0.4) is 0 Å². The number of pyridine rings is 1. The van der Waals surface area contributed by atoms with Crippen molar-refractivity contribution in [1.82, 2.24) is 10.3 Å². The first-order valence-corrected chi connectivity index (χ1v) is 6.61. The van der Waals surface area contributed by atoms with E-state index in [1.807, 2.05) is 12.1 Å². The van der Waals surface area contributed by atoms with Crippen molar-refractivity contribution in [2.45, 2.75) is 6.54 Å². The third kappa shape index (κ3) is 3.21. The molecule has 0 atom stereocenters. The van der Waals surface area contributed by atoms with Gasteiger partial charge in [-0.25, -0.2) is 0 Å². The summed E-state index contributed by atoms with van der Waals surface area (Å²) < 4.78 is 0.987. The van der Waals surface area contributed by atoms with Crippen LogP contribution in [0, 0.1) is 0 Å². The van der Waals surface area contributed by atoms with Crippen LogP contribution in [0.1, 0.15) is 15.2 Å². The molecule has 2 rings (SSSR count). The van der Waals surface area contributed by atoms with E-state index in [-0.39, 0.29) is 11.4 Å². The molecule has 0 saturated carbocycles. The van der Waals surface area contributed by atoms with E-state index in [1.165, 1.54) is 17.4 Å². The maximum absolute atomic E-state index is 11.7. The number of amides is 1. The zero-order valence-electron chi connectivity index (χ0n) is 9.07. The first-order valence-electron chi connectivity index (χ1n) is 5.00. The summed E-state index contributed by atoms with van der Waals surface area (Å²) in [5, 5.41) is 11.9. The molecule has 0 bridgehead atoms. The van der Waals surface area contributed by atoms with Crippen LogP contribution >= 0.6 is 27.3 Å². The zero-order chi connectivity index (χ0) is 13.1. The predicted octanol–water partition coefficient (Wildman–Crippen LogP) is 1.83. The van der Waals surface area contributed by atoms with Crippen LogP contribution in [0.4, 0.5) is 0 Å². The van der Waals surface area contributed by atoms with Crippen LogP contribution < -0.4 is 10.9 Å². The van der Waals surface area contributed by atoms with Crippen LogP contribution in [0.5, 0.6) is 5.88 Å². The Hall–Kier alpha value is -1.60. The molecule has 0 radical (unpaired) electrons. The molecule has 0 aliphatic heterocycles. The van der Waals surface area contributed by atoms with Crippen LogP contribution in [0.2, 0.25) is 0 Å². The second kappa shape index (κ2) is 5.36. The van der Waals surface area contributed by atoms with Gasteiger partial charge in [0.1, 0.15) is 0 Å². The summed E-state index contributed by atoms with van der Waals surface area (Å²) in [4.78, 5) is 26.0. The Morgan fingerprint density at radius 1 is 1.44 bits per heavy atom. The summed E-state index contributed by atoms with van der Waals surface area (Å²) in [6, 6.07) is 6.13. The molecule has 18 heavy (non-hydrogen) atoms. The summed E-state index contributed by atoms with van der Waals surface area (Å²) in [6.07, 6.45) is 0. The molecule has 2 aromatic rings. The molecule has 0 unspecified atom stereocenters. The first-order chi connectivity index (χ1) is 8.54. The molecule has 94 valence electrons. The number of hydrogen-bond donors (Lipinski definition) is 3. The lowest BCUT2D eigenvalue weighted by Gasteiger charge is -2.03. The van der Waals surface area contributed by atoms with Crippen LogP contribution in [0.15, 0.2) is 32.8 Å². The van der Waals surface area contributed by atoms with Gasteiger partial charge in [0, 0.05) is 17.0 Å². The normalized spacial score (nSPS) is 10.3. The molecular formula is C11H9BrN2O3S. The number of H-pyrrole nitrogens is 1. The van der Waals surface area contributed by atoms with Gasteiger partial charge < -0.3 is 10.4 Å². The average molecular weight is 329 g/mol. The number of aromatic nitrogens is 1. The molecular weight excluding hydrogens is 320 g/mol. The topological polar surface area (TPSA) is 82.2 Å². The predicted molar refractivity (Wildman–Crippen MR) is 71.9 cm³/mol. The van der Waals surface area contributed by atoms with E-state index in [0.717, 1.165) is 14.7 Å². The van der Waals surface area contributed by atoms with Gasteiger partial charge in [-0.3, -0.25) is 14.6 Å². The van der Waals surface area contributed by atoms with Crippen LogP contribution in [-0.4, -0.2) is 16.0 Å². The summed E-state index contributed by atoms with van der Waals surface area (Å²) in [5.74, 6) is -0.729. The Morgan fingerprint density at radius 2 is 2.22 bits per heavy atom. The number of carbonyl (C=O) groups is 1. The minimum Gasteiger partial charge on any atom is -0.494 e. The van der Waals surface area contributed by atoms with Gasteiger partial charge >= 0.3 is 0 Å². The van der Waals surface area contributed by atoms with E-state index in [9.17, 15) is 14.7 Å². The van der Waals surface area contributed by atoms with Crippen molar-refractivity contribution in [3.63, 3.8) is 0 Å². The monoisotopic (exact) mass is 328 g/mol. The lowest BCUT2D eigenvalue weighted by Crippen LogP contribution is -2.23. The van der Waals surface area contributed by atoms with E-state index in [2.05, 4.69) is 26.2 Å². The highest BCUT2D eigenvalue weighted by molar-refractivity contribution is 9.11. The van der Waals surface area contributed by atoms with Crippen molar-refractivity contribution < 1.29 is 9.90 Å².